The topological polar surface area (TPSA) is 143 Å². The van der Waals surface area contributed by atoms with Gasteiger partial charge in [-0.05, 0) is 53.1 Å². The zero-order chi connectivity index (χ0) is 24.6. The van der Waals surface area contributed by atoms with E-state index in [0.717, 1.165) is 6.42 Å². The molecule has 0 aliphatic carbocycles. The van der Waals surface area contributed by atoms with Crippen molar-refractivity contribution in [3.63, 3.8) is 0 Å². The Morgan fingerprint density at radius 1 is 1.21 bits per heavy atom. The maximum absolute atomic E-state index is 12.5. The molecule has 0 aromatic heterocycles. The highest BCUT2D eigenvalue weighted by Crippen LogP contribution is 2.22. The lowest BCUT2D eigenvalue weighted by molar-refractivity contribution is -0.385. The van der Waals surface area contributed by atoms with Gasteiger partial charge in [0, 0.05) is 37.0 Å². The molecule has 1 atom stereocenters. The first-order chi connectivity index (χ1) is 15.4. The lowest BCUT2D eigenvalue weighted by atomic mass is 9.97. The molecule has 1 unspecified atom stereocenters. The summed E-state index contributed by atoms with van der Waals surface area (Å²) in [6.45, 7) is 8.69. The van der Waals surface area contributed by atoms with Crippen LogP contribution in [-0.2, 0) is 14.3 Å². The van der Waals surface area contributed by atoms with Crippen molar-refractivity contribution in [1.29, 1.82) is 0 Å². The van der Waals surface area contributed by atoms with Crippen LogP contribution >= 0.6 is 0 Å². The number of anilines is 1. The predicted octanol–water partition coefficient (Wildman–Crippen LogP) is 2.19. The Bertz CT molecular complexity index is 883. The fourth-order valence-corrected chi connectivity index (χ4v) is 3.51. The van der Waals surface area contributed by atoms with Gasteiger partial charge in [0.1, 0.15) is 5.60 Å². The molecule has 1 fully saturated rings. The number of amides is 3. The van der Waals surface area contributed by atoms with Crippen LogP contribution in [0.4, 0.5) is 16.2 Å². The van der Waals surface area contributed by atoms with E-state index >= 15 is 0 Å². The van der Waals surface area contributed by atoms with Gasteiger partial charge >= 0.3 is 6.09 Å². The van der Waals surface area contributed by atoms with Gasteiger partial charge in [-0.15, -0.1) is 0 Å². The standard InChI is InChI=1S/C22H33N5O6/c1-15-7-8-17(12-18(15)27(31)32)25-19(28)14-26-11-5-6-16(13-26)20(29)23-9-10-24-21(30)33-22(2,3)4/h7-8,12,16H,5-6,9-11,13-14H2,1-4H3,(H,23,29)(H,24,30)(H,25,28). The molecule has 1 heterocycles. The van der Waals surface area contributed by atoms with E-state index in [0.29, 0.717) is 30.8 Å². The number of ether oxygens (including phenoxy) is 1. The lowest BCUT2D eigenvalue weighted by Gasteiger charge is -2.31. The van der Waals surface area contributed by atoms with Crippen molar-refractivity contribution in [2.75, 3.05) is 38.0 Å². The summed E-state index contributed by atoms with van der Waals surface area (Å²) < 4.78 is 5.14. The van der Waals surface area contributed by atoms with Crippen LogP contribution in [0.25, 0.3) is 0 Å². The van der Waals surface area contributed by atoms with E-state index in [1.54, 1.807) is 39.8 Å². The zero-order valence-electron chi connectivity index (χ0n) is 19.6. The molecule has 1 saturated heterocycles. The number of hydrogen-bond donors (Lipinski definition) is 3. The fourth-order valence-electron chi connectivity index (χ4n) is 3.51. The number of alkyl carbamates (subject to hydrolysis) is 1. The SMILES string of the molecule is Cc1ccc(NC(=O)CN2CCCC(C(=O)NCCNC(=O)OC(C)(C)C)C2)cc1[N+](=O)[O-]. The molecule has 1 aliphatic heterocycles. The maximum Gasteiger partial charge on any atom is 0.407 e. The average Bonchev–Trinajstić information content (AvgIpc) is 2.71. The number of likely N-dealkylation sites (tertiary alicyclic amines) is 1. The van der Waals surface area contributed by atoms with E-state index in [4.69, 9.17) is 4.74 Å². The molecule has 1 aromatic carbocycles. The number of carbonyl (C=O) groups excluding carboxylic acids is 3. The summed E-state index contributed by atoms with van der Waals surface area (Å²) in [7, 11) is 0. The van der Waals surface area contributed by atoms with E-state index in [1.165, 1.54) is 6.07 Å². The number of hydrogen-bond acceptors (Lipinski definition) is 7. The predicted molar refractivity (Wildman–Crippen MR) is 123 cm³/mol. The third-order valence-electron chi connectivity index (χ3n) is 5.03. The molecule has 2 rings (SSSR count). The van der Waals surface area contributed by atoms with Crippen LogP contribution in [0.5, 0.6) is 0 Å². The quantitative estimate of drug-likeness (QED) is 0.305. The Kier molecular flexibility index (Phi) is 9.15. The first-order valence-corrected chi connectivity index (χ1v) is 11.0. The molecule has 11 heteroatoms. The minimum Gasteiger partial charge on any atom is -0.444 e. The summed E-state index contributed by atoms with van der Waals surface area (Å²) >= 11 is 0. The van der Waals surface area contributed by atoms with Crippen molar-refractivity contribution in [1.82, 2.24) is 15.5 Å². The fraction of sp³-hybridized carbons (Fsp3) is 0.591. The molecule has 33 heavy (non-hydrogen) atoms. The van der Waals surface area contributed by atoms with E-state index in [-0.39, 0.29) is 43.1 Å². The monoisotopic (exact) mass is 463 g/mol. The normalized spacial score (nSPS) is 16.5. The second-order valence-electron chi connectivity index (χ2n) is 9.10. The lowest BCUT2D eigenvalue weighted by Crippen LogP contribution is -2.46. The van der Waals surface area contributed by atoms with Gasteiger partial charge < -0.3 is 20.7 Å². The van der Waals surface area contributed by atoms with Gasteiger partial charge in [-0.25, -0.2) is 4.79 Å². The number of benzene rings is 1. The first kappa shape index (κ1) is 26.0. The van der Waals surface area contributed by atoms with Crippen LogP contribution in [0.2, 0.25) is 0 Å². The minimum absolute atomic E-state index is 0.0522. The summed E-state index contributed by atoms with van der Waals surface area (Å²) in [6, 6.07) is 4.55. The Hall–Kier alpha value is -3.21. The van der Waals surface area contributed by atoms with Gasteiger partial charge in [0.15, 0.2) is 0 Å². The number of rotatable bonds is 8. The van der Waals surface area contributed by atoms with Crippen LogP contribution in [0, 0.1) is 23.0 Å². The smallest absolute Gasteiger partial charge is 0.407 e. The molecule has 0 radical (unpaired) electrons. The Labute approximate surface area is 193 Å². The van der Waals surface area contributed by atoms with Crippen molar-refractivity contribution in [2.24, 2.45) is 5.92 Å². The zero-order valence-corrected chi connectivity index (χ0v) is 19.6. The minimum atomic E-state index is -0.584. The highest BCUT2D eigenvalue weighted by molar-refractivity contribution is 5.92. The van der Waals surface area contributed by atoms with Crippen molar-refractivity contribution in [2.45, 2.75) is 46.1 Å². The maximum atomic E-state index is 12.5. The molecular formula is C22H33N5O6. The van der Waals surface area contributed by atoms with E-state index in [2.05, 4.69) is 16.0 Å². The van der Waals surface area contributed by atoms with Crippen molar-refractivity contribution in [3.05, 3.63) is 33.9 Å². The average molecular weight is 464 g/mol. The number of nitro groups is 1. The van der Waals surface area contributed by atoms with E-state index in [9.17, 15) is 24.5 Å². The number of nitrogens with one attached hydrogen (secondary N) is 3. The van der Waals surface area contributed by atoms with Crippen LogP contribution in [0.15, 0.2) is 18.2 Å². The first-order valence-electron chi connectivity index (χ1n) is 11.0. The van der Waals surface area contributed by atoms with E-state index < -0.39 is 16.6 Å². The third kappa shape index (κ3) is 9.05. The van der Waals surface area contributed by atoms with Crippen LogP contribution in [0.1, 0.15) is 39.2 Å². The molecule has 3 amide bonds. The van der Waals surface area contributed by atoms with Gasteiger partial charge in [-0.2, -0.15) is 0 Å². The summed E-state index contributed by atoms with van der Waals surface area (Å²) in [6.07, 6.45) is 0.955. The summed E-state index contributed by atoms with van der Waals surface area (Å²) in [5.74, 6) is -0.676. The Morgan fingerprint density at radius 2 is 1.91 bits per heavy atom. The van der Waals surface area contributed by atoms with Crippen LogP contribution in [0.3, 0.4) is 0 Å². The number of carbonyl (C=O) groups is 3. The van der Waals surface area contributed by atoms with Crippen molar-refractivity contribution < 1.29 is 24.0 Å². The van der Waals surface area contributed by atoms with E-state index in [1.807, 2.05) is 4.90 Å². The number of nitrogens with zero attached hydrogens (tertiary/aromatic N) is 2. The Morgan fingerprint density at radius 3 is 2.58 bits per heavy atom. The van der Waals surface area contributed by atoms with Crippen molar-refractivity contribution in [3.8, 4) is 0 Å². The van der Waals surface area contributed by atoms with Crippen molar-refractivity contribution >= 4 is 29.3 Å². The Balaban J connectivity index is 1.76. The summed E-state index contributed by atoms with van der Waals surface area (Å²) in [5.41, 5.74) is 0.244. The number of aryl methyl sites for hydroxylation is 1. The summed E-state index contributed by atoms with van der Waals surface area (Å²) in [5, 5.41) is 19.2. The molecule has 0 spiro atoms. The van der Waals surface area contributed by atoms with Gasteiger partial charge in [-0.3, -0.25) is 24.6 Å². The third-order valence-corrected chi connectivity index (χ3v) is 5.03. The molecule has 3 N–H and O–H groups in total. The van der Waals surface area contributed by atoms with Gasteiger partial charge in [-0.1, -0.05) is 6.07 Å². The largest absolute Gasteiger partial charge is 0.444 e. The van der Waals surface area contributed by atoms with Crippen LogP contribution < -0.4 is 16.0 Å². The second kappa shape index (κ2) is 11.6. The summed E-state index contributed by atoms with van der Waals surface area (Å²) in [4.78, 5) is 49.0. The molecule has 11 nitrogen and oxygen atoms in total. The van der Waals surface area contributed by atoms with Crippen LogP contribution in [-0.4, -0.2) is 66.1 Å². The molecular weight excluding hydrogens is 430 g/mol. The number of piperidine rings is 1. The van der Waals surface area contributed by atoms with Gasteiger partial charge in [0.2, 0.25) is 11.8 Å². The van der Waals surface area contributed by atoms with Gasteiger partial charge in [0.05, 0.1) is 17.4 Å². The molecule has 0 bridgehead atoms. The molecule has 182 valence electrons. The molecule has 0 saturated carbocycles. The van der Waals surface area contributed by atoms with Gasteiger partial charge in [0.25, 0.3) is 5.69 Å². The molecule has 1 aliphatic rings. The molecule has 1 aromatic rings. The number of nitro benzene ring substituents is 1. The highest BCUT2D eigenvalue weighted by atomic mass is 16.6. The second-order valence-corrected chi connectivity index (χ2v) is 9.10. The highest BCUT2D eigenvalue weighted by Gasteiger charge is 2.27.